The van der Waals surface area contributed by atoms with Gasteiger partial charge in [-0.05, 0) is 18.6 Å². The molecule has 0 aromatic heterocycles. The van der Waals surface area contributed by atoms with E-state index in [-0.39, 0.29) is 16.5 Å². The normalized spacial score (nSPS) is 20.3. The summed E-state index contributed by atoms with van der Waals surface area (Å²) >= 11 is 3.29. The Bertz CT molecular complexity index is 424. The zero-order valence-corrected chi connectivity index (χ0v) is 10.3. The summed E-state index contributed by atoms with van der Waals surface area (Å²) in [5.74, 6) is -0.259. The molecule has 16 heavy (non-hydrogen) atoms. The van der Waals surface area contributed by atoms with Crippen LogP contribution in [0.1, 0.15) is 6.42 Å². The summed E-state index contributed by atoms with van der Waals surface area (Å²) in [5, 5.41) is 0. The van der Waals surface area contributed by atoms with E-state index in [9.17, 15) is 9.18 Å². The van der Waals surface area contributed by atoms with Crippen LogP contribution in [0.15, 0.2) is 18.2 Å². The molecule has 1 aromatic rings. The lowest BCUT2D eigenvalue weighted by molar-refractivity contribution is -0.116. The molecule has 1 aliphatic heterocycles. The van der Waals surface area contributed by atoms with Crippen LogP contribution in [-0.2, 0) is 4.79 Å². The van der Waals surface area contributed by atoms with Crippen LogP contribution in [0.2, 0.25) is 0 Å². The Morgan fingerprint density at radius 3 is 2.88 bits per heavy atom. The Labute approximate surface area is 101 Å². The topological polar surface area (TPSA) is 29.5 Å². The van der Waals surface area contributed by atoms with Crippen molar-refractivity contribution in [3.8, 4) is 5.75 Å². The highest BCUT2D eigenvalue weighted by Crippen LogP contribution is 2.29. The summed E-state index contributed by atoms with van der Waals surface area (Å²) in [6, 6.07) is 4.43. The van der Waals surface area contributed by atoms with Gasteiger partial charge in [0, 0.05) is 18.3 Å². The highest BCUT2D eigenvalue weighted by Gasteiger charge is 2.30. The first kappa shape index (κ1) is 11.4. The molecule has 1 heterocycles. The fourth-order valence-electron chi connectivity index (χ4n) is 1.72. The maximum absolute atomic E-state index is 13.2. The minimum Gasteiger partial charge on any atom is -0.494 e. The Kier molecular flexibility index (Phi) is 3.14. The first-order valence-corrected chi connectivity index (χ1v) is 5.84. The number of ether oxygens (including phenoxy) is 1. The van der Waals surface area contributed by atoms with E-state index < -0.39 is 5.82 Å². The molecule has 2 rings (SSSR count). The second kappa shape index (κ2) is 4.41. The molecule has 0 bridgehead atoms. The van der Waals surface area contributed by atoms with Crippen molar-refractivity contribution in [2.75, 3.05) is 18.6 Å². The van der Waals surface area contributed by atoms with Crippen molar-refractivity contribution in [3.63, 3.8) is 0 Å². The van der Waals surface area contributed by atoms with E-state index in [0.29, 0.717) is 12.2 Å². The van der Waals surface area contributed by atoms with Crippen LogP contribution < -0.4 is 9.64 Å². The molecule has 1 aliphatic rings. The molecule has 0 N–H and O–H groups in total. The fraction of sp³-hybridized carbons (Fsp3) is 0.364. The van der Waals surface area contributed by atoms with E-state index in [0.717, 1.165) is 6.42 Å². The van der Waals surface area contributed by atoms with Gasteiger partial charge in [-0.15, -0.1) is 0 Å². The van der Waals surface area contributed by atoms with E-state index in [1.807, 2.05) is 0 Å². The van der Waals surface area contributed by atoms with Crippen LogP contribution in [0.25, 0.3) is 0 Å². The fourth-order valence-corrected chi connectivity index (χ4v) is 2.17. The molecule has 1 amide bonds. The number of anilines is 1. The predicted molar refractivity (Wildman–Crippen MR) is 62.6 cm³/mol. The lowest BCUT2D eigenvalue weighted by atomic mass is 10.2. The smallest absolute Gasteiger partial charge is 0.240 e. The van der Waals surface area contributed by atoms with E-state index >= 15 is 0 Å². The number of amides is 1. The number of methoxy groups -OCH3 is 1. The summed E-state index contributed by atoms with van der Waals surface area (Å²) in [6.45, 7) is 0.642. The van der Waals surface area contributed by atoms with Crippen molar-refractivity contribution in [1.29, 1.82) is 0 Å². The first-order chi connectivity index (χ1) is 7.63. The molecular formula is C11H11BrFNO2. The summed E-state index contributed by atoms with van der Waals surface area (Å²) in [7, 11) is 1.40. The third-order valence-electron chi connectivity index (χ3n) is 2.59. The minimum absolute atomic E-state index is 0.00802. The Morgan fingerprint density at radius 1 is 1.56 bits per heavy atom. The van der Waals surface area contributed by atoms with Crippen molar-refractivity contribution in [3.05, 3.63) is 24.0 Å². The number of nitrogens with zero attached hydrogens (tertiary/aromatic N) is 1. The Morgan fingerprint density at radius 2 is 2.31 bits per heavy atom. The number of carbonyl (C=O) groups excluding carboxylic acids is 1. The summed E-state index contributed by atoms with van der Waals surface area (Å²) < 4.78 is 18.1. The Balaban J connectivity index is 2.31. The van der Waals surface area contributed by atoms with Crippen LogP contribution in [0.5, 0.6) is 5.75 Å². The third kappa shape index (κ3) is 1.91. The average molecular weight is 288 g/mol. The van der Waals surface area contributed by atoms with Crippen LogP contribution in [0.3, 0.4) is 0 Å². The molecule has 1 atom stereocenters. The maximum atomic E-state index is 13.2. The number of hydrogen-bond acceptors (Lipinski definition) is 2. The van der Waals surface area contributed by atoms with E-state index in [1.165, 1.54) is 19.2 Å². The van der Waals surface area contributed by atoms with Crippen LogP contribution >= 0.6 is 15.9 Å². The van der Waals surface area contributed by atoms with Gasteiger partial charge in [-0.2, -0.15) is 0 Å². The molecule has 1 aromatic carbocycles. The molecule has 0 aliphatic carbocycles. The number of hydrogen-bond donors (Lipinski definition) is 0. The van der Waals surface area contributed by atoms with Crippen LogP contribution in [0.4, 0.5) is 10.1 Å². The number of alkyl halides is 1. The number of halogens is 2. The van der Waals surface area contributed by atoms with Crippen molar-refractivity contribution in [1.82, 2.24) is 0 Å². The highest BCUT2D eigenvalue weighted by atomic mass is 79.9. The van der Waals surface area contributed by atoms with Crippen molar-refractivity contribution in [2.24, 2.45) is 0 Å². The van der Waals surface area contributed by atoms with Gasteiger partial charge in [0.2, 0.25) is 5.91 Å². The van der Waals surface area contributed by atoms with E-state index in [1.54, 1.807) is 11.0 Å². The molecule has 1 unspecified atom stereocenters. The number of carbonyl (C=O) groups is 1. The Hall–Kier alpha value is -1.10. The maximum Gasteiger partial charge on any atom is 0.240 e. The van der Waals surface area contributed by atoms with E-state index in [2.05, 4.69) is 15.9 Å². The zero-order chi connectivity index (χ0) is 11.7. The minimum atomic E-state index is -0.423. The van der Waals surface area contributed by atoms with Gasteiger partial charge < -0.3 is 9.64 Å². The second-order valence-corrected chi connectivity index (χ2v) is 4.67. The highest BCUT2D eigenvalue weighted by molar-refractivity contribution is 9.10. The zero-order valence-electron chi connectivity index (χ0n) is 8.74. The first-order valence-electron chi connectivity index (χ1n) is 4.92. The molecule has 3 nitrogen and oxygen atoms in total. The van der Waals surface area contributed by atoms with Gasteiger partial charge in [-0.25, -0.2) is 4.39 Å². The van der Waals surface area contributed by atoms with E-state index in [4.69, 9.17) is 4.74 Å². The second-order valence-electron chi connectivity index (χ2n) is 3.56. The molecule has 86 valence electrons. The quantitative estimate of drug-likeness (QED) is 0.782. The van der Waals surface area contributed by atoms with Crippen LogP contribution in [0, 0.1) is 5.82 Å². The van der Waals surface area contributed by atoms with Crippen molar-refractivity contribution in [2.45, 2.75) is 11.2 Å². The van der Waals surface area contributed by atoms with Gasteiger partial charge in [0.05, 0.1) is 11.9 Å². The summed E-state index contributed by atoms with van der Waals surface area (Å²) in [4.78, 5) is 13.2. The largest absolute Gasteiger partial charge is 0.494 e. The van der Waals surface area contributed by atoms with Gasteiger partial charge in [-0.3, -0.25) is 4.79 Å². The number of benzene rings is 1. The molecule has 0 spiro atoms. The summed E-state index contributed by atoms with van der Waals surface area (Å²) in [5.41, 5.74) is 0.671. The lowest BCUT2D eigenvalue weighted by Crippen LogP contribution is -2.27. The molecule has 0 saturated carbocycles. The molecule has 0 radical (unpaired) electrons. The average Bonchev–Trinajstić information content (AvgIpc) is 2.61. The summed E-state index contributed by atoms with van der Waals surface area (Å²) in [6.07, 6.45) is 0.762. The van der Waals surface area contributed by atoms with Gasteiger partial charge in [0.25, 0.3) is 0 Å². The SMILES string of the molecule is COc1cc(N2CCC(Br)C2=O)ccc1F. The molecule has 1 fully saturated rings. The standard InChI is InChI=1S/C11H11BrFNO2/c1-16-10-6-7(2-3-9(10)13)14-5-4-8(12)11(14)15/h2-3,6,8H,4-5H2,1H3. The molecule has 1 saturated heterocycles. The number of rotatable bonds is 2. The molecular weight excluding hydrogens is 277 g/mol. The van der Waals surface area contributed by atoms with Gasteiger partial charge in [0.15, 0.2) is 11.6 Å². The van der Waals surface area contributed by atoms with Gasteiger partial charge in [0.1, 0.15) is 0 Å². The molecule has 5 heteroatoms. The van der Waals surface area contributed by atoms with Crippen LogP contribution in [-0.4, -0.2) is 24.4 Å². The van der Waals surface area contributed by atoms with Crippen molar-refractivity contribution >= 4 is 27.5 Å². The third-order valence-corrected chi connectivity index (χ3v) is 3.44. The monoisotopic (exact) mass is 287 g/mol. The van der Waals surface area contributed by atoms with Gasteiger partial charge in [-0.1, -0.05) is 15.9 Å². The lowest BCUT2D eigenvalue weighted by Gasteiger charge is -2.16. The van der Waals surface area contributed by atoms with Crippen molar-refractivity contribution < 1.29 is 13.9 Å². The predicted octanol–water partition coefficient (Wildman–Crippen LogP) is 2.33. The van der Waals surface area contributed by atoms with Gasteiger partial charge >= 0.3 is 0 Å².